The van der Waals surface area contributed by atoms with Crippen LogP contribution in [-0.4, -0.2) is 24.3 Å². The minimum Gasteiger partial charge on any atom is -0.469 e. The first-order valence-corrected chi connectivity index (χ1v) is 5.82. The number of carbonyl (C=O) groups excluding carboxylic acids is 1. The molecule has 0 saturated heterocycles. The lowest BCUT2D eigenvalue weighted by atomic mass is 9.77. The van der Waals surface area contributed by atoms with Gasteiger partial charge in [-0.05, 0) is 37.5 Å². The molecule has 1 saturated carbocycles. The third-order valence-corrected chi connectivity index (χ3v) is 3.47. The van der Waals surface area contributed by atoms with Gasteiger partial charge in [-0.15, -0.1) is 0 Å². The molecule has 1 aliphatic carbocycles. The van der Waals surface area contributed by atoms with Gasteiger partial charge < -0.3 is 9.84 Å². The second-order valence-corrected chi connectivity index (χ2v) is 4.87. The van der Waals surface area contributed by atoms with E-state index in [1.807, 2.05) is 13.8 Å². The van der Waals surface area contributed by atoms with E-state index in [2.05, 4.69) is 0 Å². The number of carbonyl (C=O) groups is 1. The summed E-state index contributed by atoms with van der Waals surface area (Å²) in [5.41, 5.74) is 0. The smallest absolute Gasteiger partial charge is 0.308 e. The van der Waals surface area contributed by atoms with Gasteiger partial charge in [0.15, 0.2) is 0 Å². The van der Waals surface area contributed by atoms with E-state index in [1.54, 1.807) is 0 Å². The zero-order valence-electron chi connectivity index (χ0n) is 9.90. The van der Waals surface area contributed by atoms with Crippen molar-refractivity contribution in [2.45, 2.75) is 45.6 Å². The van der Waals surface area contributed by atoms with Crippen LogP contribution >= 0.6 is 0 Å². The summed E-state index contributed by atoms with van der Waals surface area (Å²) in [6, 6.07) is 0. The van der Waals surface area contributed by atoms with Crippen molar-refractivity contribution in [1.29, 1.82) is 0 Å². The van der Waals surface area contributed by atoms with Crippen molar-refractivity contribution in [2.24, 2.45) is 17.8 Å². The average molecular weight is 214 g/mol. The normalized spacial score (nSPS) is 28.9. The van der Waals surface area contributed by atoms with Crippen LogP contribution in [0, 0.1) is 17.8 Å². The Hall–Kier alpha value is -0.570. The molecule has 3 heteroatoms. The highest BCUT2D eigenvalue weighted by molar-refractivity contribution is 5.72. The van der Waals surface area contributed by atoms with Crippen molar-refractivity contribution < 1.29 is 14.6 Å². The largest absolute Gasteiger partial charge is 0.469 e. The second kappa shape index (κ2) is 5.50. The molecule has 1 aliphatic rings. The van der Waals surface area contributed by atoms with Crippen molar-refractivity contribution in [2.75, 3.05) is 7.11 Å². The van der Waals surface area contributed by atoms with Gasteiger partial charge >= 0.3 is 5.97 Å². The van der Waals surface area contributed by atoms with Gasteiger partial charge in [-0.2, -0.15) is 0 Å². The maximum atomic E-state index is 11.3. The molecule has 0 radical (unpaired) electrons. The molecule has 1 atom stereocenters. The van der Waals surface area contributed by atoms with E-state index in [0.717, 1.165) is 25.7 Å². The summed E-state index contributed by atoms with van der Waals surface area (Å²) < 4.78 is 4.73. The number of hydrogen-bond acceptors (Lipinski definition) is 3. The molecule has 1 unspecified atom stereocenters. The highest BCUT2D eigenvalue weighted by Crippen LogP contribution is 2.33. The van der Waals surface area contributed by atoms with E-state index in [9.17, 15) is 9.90 Å². The molecule has 0 bridgehead atoms. The van der Waals surface area contributed by atoms with Crippen molar-refractivity contribution in [3.05, 3.63) is 0 Å². The van der Waals surface area contributed by atoms with Crippen LogP contribution in [0.4, 0.5) is 0 Å². The Labute approximate surface area is 91.8 Å². The fraction of sp³-hybridized carbons (Fsp3) is 0.917. The summed E-state index contributed by atoms with van der Waals surface area (Å²) in [7, 11) is 1.44. The standard InChI is InChI=1S/C12H22O3/c1-8(2)11(13)9-4-6-10(7-5-9)12(14)15-3/h8-11,13H,4-7H2,1-3H3. The van der Waals surface area contributed by atoms with Crippen molar-refractivity contribution in [3.8, 4) is 0 Å². The Kier molecular flexibility index (Phi) is 4.58. The van der Waals surface area contributed by atoms with Gasteiger partial charge in [-0.25, -0.2) is 0 Å². The first-order valence-electron chi connectivity index (χ1n) is 5.82. The lowest BCUT2D eigenvalue weighted by Crippen LogP contribution is -2.31. The summed E-state index contributed by atoms with van der Waals surface area (Å²) in [6.45, 7) is 4.08. The Bertz CT molecular complexity index is 205. The van der Waals surface area contributed by atoms with Crippen LogP contribution in [-0.2, 0) is 9.53 Å². The second-order valence-electron chi connectivity index (χ2n) is 4.87. The molecule has 0 aromatic rings. The number of hydrogen-bond donors (Lipinski definition) is 1. The van der Waals surface area contributed by atoms with Crippen molar-refractivity contribution in [1.82, 2.24) is 0 Å². The molecule has 0 aliphatic heterocycles. The summed E-state index contributed by atoms with van der Waals surface area (Å²) in [4.78, 5) is 11.3. The zero-order valence-corrected chi connectivity index (χ0v) is 9.90. The van der Waals surface area contributed by atoms with Gasteiger partial charge in [0.05, 0.1) is 19.1 Å². The van der Waals surface area contributed by atoms with Crippen LogP contribution in [0.1, 0.15) is 39.5 Å². The topological polar surface area (TPSA) is 46.5 Å². The van der Waals surface area contributed by atoms with Gasteiger partial charge in [0.1, 0.15) is 0 Å². The summed E-state index contributed by atoms with van der Waals surface area (Å²) >= 11 is 0. The number of rotatable bonds is 3. The fourth-order valence-electron chi connectivity index (χ4n) is 2.41. The molecule has 3 nitrogen and oxygen atoms in total. The predicted molar refractivity (Wildman–Crippen MR) is 58.3 cm³/mol. The van der Waals surface area contributed by atoms with Crippen LogP contribution in [0.15, 0.2) is 0 Å². The quantitative estimate of drug-likeness (QED) is 0.731. The molecule has 15 heavy (non-hydrogen) atoms. The molecular formula is C12H22O3. The minimum atomic E-state index is -0.219. The van der Waals surface area contributed by atoms with E-state index in [0.29, 0.717) is 11.8 Å². The first kappa shape index (κ1) is 12.5. The van der Waals surface area contributed by atoms with Crippen LogP contribution < -0.4 is 0 Å². The van der Waals surface area contributed by atoms with Crippen LogP contribution in [0.5, 0.6) is 0 Å². The molecule has 1 fully saturated rings. The molecule has 1 rings (SSSR count). The summed E-state index contributed by atoms with van der Waals surface area (Å²) in [5, 5.41) is 9.92. The fourth-order valence-corrected chi connectivity index (χ4v) is 2.41. The third kappa shape index (κ3) is 3.20. The molecule has 88 valence electrons. The molecule has 0 amide bonds. The number of ether oxygens (including phenoxy) is 1. The van der Waals surface area contributed by atoms with Gasteiger partial charge in [-0.1, -0.05) is 13.8 Å². The zero-order chi connectivity index (χ0) is 11.4. The van der Waals surface area contributed by atoms with Crippen molar-refractivity contribution in [3.63, 3.8) is 0 Å². The molecule has 0 heterocycles. The Morgan fingerprint density at radius 3 is 2.20 bits per heavy atom. The van der Waals surface area contributed by atoms with Crippen LogP contribution in [0.3, 0.4) is 0 Å². The molecule has 1 N–H and O–H groups in total. The summed E-state index contributed by atoms with van der Waals surface area (Å²) in [6.07, 6.45) is 3.39. The Morgan fingerprint density at radius 1 is 1.27 bits per heavy atom. The van der Waals surface area contributed by atoms with Gasteiger partial charge in [0.2, 0.25) is 0 Å². The van der Waals surface area contributed by atoms with E-state index >= 15 is 0 Å². The lowest BCUT2D eigenvalue weighted by Gasteiger charge is -2.31. The van der Waals surface area contributed by atoms with E-state index in [1.165, 1.54) is 7.11 Å². The van der Waals surface area contributed by atoms with Gasteiger partial charge in [0, 0.05) is 0 Å². The monoisotopic (exact) mass is 214 g/mol. The summed E-state index contributed by atoms with van der Waals surface area (Å²) in [5.74, 6) is 0.647. The van der Waals surface area contributed by atoms with Crippen molar-refractivity contribution >= 4 is 5.97 Å². The average Bonchev–Trinajstić information content (AvgIpc) is 2.27. The van der Waals surface area contributed by atoms with Crippen LogP contribution in [0.25, 0.3) is 0 Å². The van der Waals surface area contributed by atoms with E-state index < -0.39 is 0 Å². The minimum absolute atomic E-state index is 0.0608. The molecule has 0 spiro atoms. The number of aliphatic hydroxyl groups is 1. The number of methoxy groups -OCH3 is 1. The predicted octanol–water partition coefficient (Wildman–Crippen LogP) is 1.98. The van der Waals surface area contributed by atoms with Gasteiger partial charge in [0.25, 0.3) is 0 Å². The third-order valence-electron chi connectivity index (χ3n) is 3.47. The molecular weight excluding hydrogens is 192 g/mol. The van der Waals surface area contributed by atoms with Crippen LogP contribution in [0.2, 0.25) is 0 Å². The Balaban J connectivity index is 2.39. The number of aliphatic hydroxyl groups excluding tert-OH is 1. The maximum absolute atomic E-state index is 11.3. The SMILES string of the molecule is COC(=O)C1CCC(C(O)C(C)C)CC1. The Morgan fingerprint density at radius 2 is 1.80 bits per heavy atom. The highest BCUT2D eigenvalue weighted by Gasteiger charge is 2.31. The highest BCUT2D eigenvalue weighted by atomic mass is 16.5. The first-order chi connectivity index (χ1) is 7.06. The maximum Gasteiger partial charge on any atom is 0.308 e. The van der Waals surface area contributed by atoms with E-state index in [4.69, 9.17) is 4.74 Å². The number of esters is 1. The lowest BCUT2D eigenvalue weighted by molar-refractivity contribution is -0.147. The van der Waals surface area contributed by atoms with Gasteiger partial charge in [-0.3, -0.25) is 4.79 Å². The molecule has 0 aromatic carbocycles. The molecule has 0 aromatic heterocycles. The van der Waals surface area contributed by atoms with E-state index in [-0.39, 0.29) is 18.0 Å².